The minimum Gasteiger partial charge on any atom is -0.494 e. The minimum absolute atomic E-state index is 0.205. The van der Waals surface area contributed by atoms with Gasteiger partial charge in [0, 0.05) is 5.56 Å². The highest BCUT2D eigenvalue weighted by molar-refractivity contribution is 9.10. The quantitative estimate of drug-likeness (QED) is 0.162. The zero-order valence-electron chi connectivity index (χ0n) is 25.1. The van der Waals surface area contributed by atoms with Crippen LogP contribution in [0.2, 0.25) is 0 Å². The Kier molecular flexibility index (Phi) is 9.00. The summed E-state index contributed by atoms with van der Waals surface area (Å²) >= 11 is 4.93. The lowest BCUT2D eigenvalue weighted by Crippen LogP contribution is -2.40. The average Bonchev–Trinajstić information content (AvgIpc) is 3.34. The van der Waals surface area contributed by atoms with Crippen molar-refractivity contribution < 1.29 is 19.0 Å². The third-order valence-electron chi connectivity index (χ3n) is 7.55. The third-order valence-corrected chi connectivity index (χ3v) is 9.15. The van der Waals surface area contributed by atoms with Crippen LogP contribution in [0.5, 0.6) is 11.5 Å². The number of rotatable bonds is 9. The first-order chi connectivity index (χ1) is 21.9. The molecule has 0 unspecified atom stereocenters. The number of fused-ring (bicyclic) bond motifs is 2. The summed E-state index contributed by atoms with van der Waals surface area (Å²) in [6.45, 7) is 6.48. The molecule has 1 atom stereocenters. The summed E-state index contributed by atoms with van der Waals surface area (Å²) < 4.78 is 20.4. The molecule has 228 valence electrons. The Hall–Kier alpha value is -4.47. The second kappa shape index (κ2) is 13.3. The van der Waals surface area contributed by atoms with E-state index in [1.54, 1.807) is 18.4 Å². The van der Waals surface area contributed by atoms with Crippen LogP contribution in [0.4, 0.5) is 0 Å². The summed E-state index contributed by atoms with van der Waals surface area (Å²) in [5.41, 5.74) is 3.18. The van der Waals surface area contributed by atoms with E-state index in [0.29, 0.717) is 50.9 Å². The summed E-state index contributed by atoms with van der Waals surface area (Å²) in [5, 5.41) is 2.33. The van der Waals surface area contributed by atoms with Gasteiger partial charge in [0.15, 0.2) is 4.80 Å². The molecule has 0 saturated carbocycles. The lowest BCUT2D eigenvalue weighted by Gasteiger charge is -2.26. The van der Waals surface area contributed by atoms with Crippen LogP contribution in [-0.4, -0.2) is 23.8 Å². The Morgan fingerprint density at radius 2 is 1.73 bits per heavy atom. The number of esters is 1. The number of allylic oxidation sites excluding steroid dienone is 1. The monoisotopic (exact) mass is 682 g/mol. The van der Waals surface area contributed by atoms with Crippen LogP contribution in [0, 0.1) is 0 Å². The second-order valence-electron chi connectivity index (χ2n) is 10.4. The summed E-state index contributed by atoms with van der Waals surface area (Å²) in [6.07, 6.45) is 1.83. The standard InChI is InChI=1S/C36H31BrN2O5S/c1-4-42-29-16-9-8-15-27(29)33-32(35(41)43-5-2)22(3)38-36-39(33)34(40)31(45-36)20-23-17-18-30(28(37)19-23)44-21-25-13-10-12-24-11-6-7-14-26(24)25/h6-20,33H,4-5,21H2,1-3H3/b31-20-/t33-/m1/s1. The smallest absolute Gasteiger partial charge is 0.338 e. The number of nitrogens with zero attached hydrogens (tertiary/aromatic N) is 2. The molecule has 1 aliphatic heterocycles. The van der Waals surface area contributed by atoms with Crippen molar-refractivity contribution in [2.75, 3.05) is 13.2 Å². The van der Waals surface area contributed by atoms with Crippen molar-refractivity contribution in [1.82, 2.24) is 4.57 Å². The maximum absolute atomic E-state index is 14.1. The van der Waals surface area contributed by atoms with Crippen LogP contribution >= 0.6 is 27.3 Å². The molecule has 9 heteroatoms. The van der Waals surface area contributed by atoms with Crippen molar-refractivity contribution in [3.05, 3.63) is 137 Å². The van der Waals surface area contributed by atoms with Gasteiger partial charge in [-0.1, -0.05) is 78.1 Å². The molecule has 7 nitrogen and oxygen atoms in total. The van der Waals surface area contributed by atoms with Crippen LogP contribution in [0.25, 0.3) is 16.8 Å². The number of carbonyl (C=O) groups is 1. The van der Waals surface area contributed by atoms with Gasteiger partial charge in [-0.3, -0.25) is 9.36 Å². The van der Waals surface area contributed by atoms with Crippen molar-refractivity contribution >= 4 is 50.1 Å². The normalized spacial score (nSPS) is 14.7. The van der Waals surface area contributed by atoms with Crippen molar-refractivity contribution in [3.8, 4) is 11.5 Å². The highest BCUT2D eigenvalue weighted by Gasteiger charge is 2.35. The molecule has 0 spiro atoms. The third kappa shape index (κ3) is 6.10. The fourth-order valence-corrected chi connectivity index (χ4v) is 7.09. The van der Waals surface area contributed by atoms with Gasteiger partial charge >= 0.3 is 5.97 Å². The van der Waals surface area contributed by atoms with Crippen molar-refractivity contribution in [3.63, 3.8) is 0 Å². The molecule has 0 radical (unpaired) electrons. The highest BCUT2D eigenvalue weighted by Crippen LogP contribution is 2.36. The first kappa shape index (κ1) is 30.6. The van der Waals surface area contributed by atoms with Crippen LogP contribution in [0.3, 0.4) is 0 Å². The van der Waals surface area contributed by atoms with Crippen molar-refractivity contribution in [2.24, 2.45) is 4.99 Å². The number of carbonyl (C=O) groups excluding carboxylic acids is 1. The Morgan fingerprint density at radius 1 is 0.956 bits per heavy atom. The fraction of sp³-hybridized carbons (Fsp3) is 0.194. The molecule has 6 rings (SSSR count). The zero-order valence-corrected chi connectivity index (χ0v) is 27.5. The molecule has 1 aromatic heterocycles. The number of para-hydroxylation sites is 1. The predicted molar refractivity (Wildman–Crippen MR) is 180 cm³/mol. The summed E-state index contributed by atoms with van der Waals surface area (Å²) in [5.74, 6) is 0.787. The van der Waals surface area contributed by atoms with E-state index in [-0.39, 0.29) is 12.2 Å². The van der Waals surface area contributed by atoms with E-state index >= 15 is 0 Å². The van der Waals surface area contributed by atoms with Gasteiger partial charge < -0.3 is 14.2 Å². The Morgan fingerprint density at radius 3 is 2.53 bits per heavy atom. The largest absolute Gasteiger partial charge is 0.494 e. The van der Waals surface area contributed by atoms with Crippen molar-refractivity contribution in [1.29, 1.82) is 0 Å². The molecule has 4 aromatic carbocycles. The topological polar surface area (TPSA) is 79.1 Å². The molecular formula is C36H31BrN2O5S. The molecule has 5 aromatic rings. The Labute approximate surface area is 272 Å². The second-order valence-corrected chi connectivity index (χ2v) is 12.3. The van der Waals surface area contributed by atoms with Crippen molar-refractivity contribution in [2.45, 2.75) is 33.4 Å². The molecular weight excluding hydrogens is 652 g/mol. The first-order valence-corrected chi connectivity index (χ1v) is 16.3. The number of halogens is 1. The molecule has 0 aliphatic carbocycles. The Bertz CT molecular complexity index is 2130. The lowest BCUT2D eigenvalue weighted by molar-refractivity contribution is -0.139. The first-order valence-electron chi connectivity index (χ1n) is 14.7. The maximum Gasteiger partial charge on any atom is 0.338 e. The molecule has 2 heterocycles. The summed E-state index contributed by atoms with van der Waals surface area (Å²) in [6, 6.07) is 26.9. The van der Waals surface area contributed by atoms with E-state index in [4.69, 9.17) is 14.2 Å². The van der Waals surface area contributed by atoms with Crippen LogP contribution in [-0.2, 0) is 16.1 Å². The molecule has 0 N–H and O–H groups in total. The van der Waals surface area contributed by atoms with E-state index in [2.05, 4.69) is 45.2 Å². The van der Waals surface area contributed by atoms with E-state index < -0.39 is 12.0 Å². The fourth-order valence-electron chi connectivity index (χ4n) is 5.53. The molecule has 1 aliphatic rings. The molecule has 0 saturated heterocycles. The van der Waals surface area contributed by atoms with Gasteiger partial charge in [-0.15, -0.1) is 0 Å². The van der Waals surface area contributed by atoms with E-state index in [9.17, 15) is 9.59 Å². The number of thiazole rings is 1. The van der Waals surface area contributed by atoms with E-state index in [1.807, 2.05) is 73.7 Å². The predicted octanol–water partition coefficient (Wildman–Crippen LogP) is 6.69. The zero-order chi connectivity index (χ0) is 31.5. The minimum atomic E-state index is -0.748. The van der Waals surface area contributed by atoms with Gasteiger partial charge in [0.05, 0.1) is 33.5 Å². The number of ether oxygens (including phenoxy) is 3. The highest BCUT2D eigenvalue weighted by atomic mass is 79.9. The maximum atomic E-state index is 14.1. The van der Waals surface area contributed by atoms with Gasteiger partial charge in [0.2, 0.25) is 0 Å². The average molecular weight is 684 g/mol. The summed E-state index contributed by atoms with van der Waals surface area (Å²) in [4.78, 5) is 32.5. The number of hydrogen-bond acceptors (Lipinski definition) is 7. The van der Waals surface area contributed by atoms with Crippen LogP contribution in [0.15, 0.2) is 110 Å². The number of aromatic nitrogens is 1. The van der Waals surface area contributed by atoms with Gasteiger partial charge in [-0.25, -0.2) is 9.79 Å². The van der Waals surface area contributed by atoms with Crippen LogP contribution < -0.4 is 24.4 Å². The summed E-state index contributed by atoms with van der Waals surface area (Å²) in [7, 11) is 0. The van der Waals surface area contributed by atoms with Gasteiger partial charge in [-0.05, 0) is 82.9 Å². The SMILES string of the molecule is CCOC(=O)C1=C(C)N=c2s/c(=C\c3ccc(OCc4cccc5ccccc45)c(Br)c3)c(=O)n2[C@@H]1c1ccccc1OCC. The van der Waals surface area contributed by atoms with E-state index in [0.717, 1.165) is 21.0 Å². The van der Waals surface area contributed by atoms with Gasteiger partial charge in [0.25, 0.3) is 5.56 Å². The molecule has 0 fully saturated rings. The number of benzene rings is 4. The molecule has 0 amide bonds. The van der Waals surface area contributed by atoms with Gasteiger partial charge in [-0.2, -0.15) is 0 Å². The number of hydrogen-bond donors (Lipinski definition) is 0. The van der Waals surface area contributed by atoms with Gasteiger partial charge in [0.1, 0.15) is 24.1 Å². The lowest BCUT2D eigenvalue weighted by atomic mass is 9.95. The van der Waals surface area contributed by atoms with E-state index in [1.165, 1.54) is 16.7 Å². The van der Waals surface area contributed by atoms with Crippen LogP contribution in [0.1, 0.15) is 43.5 Å². The Balaban J connectivity index is 1.36. The molecule has 0 bridgehead atoms. The molecule has 45 heavy (non-hydrogen) atoms.